The lowest BCUT2D eigenvalue weighted by Gasteiger charge is -2.28. The molecule has 23 heavy (non-hydrogen) atoms. The standard InChI is InChI=1S/C9H20.C8H18.C6H12/c1-5-8(4)9(6-2)7-3;1-4-6-7-8(3)5-2;1-5-3-6(2)4-5/h8-9H,5-7H2,1-4H3;8H,4-7H2,1-3H3;5-6H,3-4H2,1-2H3. The van der Waals surface area contributed by atoms with Crippen molar-refractivity contribution >= 4 is 0 Å². The Morgan fingerprint density at radius 3 is 1.39 bits per heavy atom. The summed E-state index contributed by atoms with van der Waals surface area (Å²) in [5.41, 5.74) is 0. The molecular weight excluding hydrogens is 276 g/mol. The molecule has 1 fully saturated rings. The third-order valence-electron chi connectivity index (χ3n) is 5.85. The van der Waals surface area contributed by atoms with Crippen LogP contribution in [0.1, 0.15) is 120 Å². The van der Waals surface area contributed by atoms with Crippen LogP contribution in [-0.4, -0.2) is 0 Å². The molecule has 0 spiro atoms. The number of unbranched alkanes of at least 4 members (excludes halogenated alkanes) is 1. The number of hydrogen-bond acceptors (Lipinski definition) is 0. The van der Waals surface area contributed by atoms with Gasteiger partial charge in [-0.05, 0) is 42.4 Å². The summed E-state index contributed by atoms with van der Waals surface area (Å²) in [5, 5.41) is 0. The number of rotatable bonds is 8. The smallest absolute Gasteiger partial charge is 0.0394 e. The van der Waals surface area contributed by atoms with Gasteiger partial charge in [-0.15, -0.1) is 0 Å². The SMILES string of the molecule is CC1CC(C)C1.CCC(C)C(CC)CC.CCCCC(C)CC. The summed E-state index contributed by atoms with van der Waals surface area (Å²) in [7, 11) is 0. The second kappa shape index (κ2) is 16.8. The van der Waals surface area contributed by atoms with Gasteiger partial charge in [0.2, 0.25) is 0 Å². The summed E-state index contributed by atoms with van der Waals surface area (Å²) >= 11 is 0. The van der Waals surface area contributed by atoms with Crippen LogP contribution in [0.25, 0.3) is 0 Å². The highest BCUT2D eigenvalue weighted by Gasteiger charge is 2.19. The van der Waals surface area contributed by atoms with Crippen molar-refractivity contribution in [3.63, 3.8) is 0 Å². The van der Waals surface area contributed by atoms with E-state index in [9.17, 15) is 0 Å². The van der Waals surface area contributed by atoms with Crippen molar-refractivity contribution in [2.45, 2.75) is 120 Å². The predicted octanol–water partition coefficient (Wildman–Crippen LogP) is 8.74. The predicted molar refractivity (Wildman–Crippen MR) is 110 cm³/mol. The largest absolute Gasteiger partial charge is 0.0654 e. The van der Waals surface area contributed by atoms with Gasteiger partial charge in [-0.1, -0.05) is 107 Å². The van der Waals surface area contributed by atoms with Gasteiger partial charge < -0.3 is 0 Å². The molecule has 0 saturated heterocycles. The first-order chi connectivity index (χ1) is 10.9. The van der Waals surface area contributed by atoms with Crippen LogP contribution < -0.4 is 0 Å². The van der Waals surface area contributed by atoms with E-state index < -0.39 is 0 Å². The van der Waals surface area contributed by atoms with Crippen LogP contribution in [0.3, 0.4) is 0 Å². The summed E-state index contributed by atoms with van der Waals surface area (Å²) in [6.07, 6.45) is 12.5. The molecule has 0 heterocycles. The molecule has 0 N–H and O–H groups in total. The summed E-state index contributed by atoms with van der Waals surface area (Å²) in [4.78, 5) is 0. The molecule has 0 aromatic rings. The Hall–Kier alpha value is 0. The molecule has 0 aliphatic heterocycles. The second-order valence-electron chi connectivity index (χ2n) is 8.30. The quantitative estimate of drug-likeness (QED) is 0.418. The van der Waals surface area contributed by atoms with E-state index in [2.05, 4.69) is 62.3 Å². The minimum Gasteiger partial charge on any atom is -0.0654 e. The van der Waals surface area contributed by atoms with Crippen molar-refractivity contribution in [3.8, 4) is 0 Å². The Kier molecular flexibility index (Phi) is 18.5. The topological polar surface area (TPSA) is 0 Å². The zero-order chi connectivity index (χ0) is 18.3. The molecule has 1 rings (SSSR count). The highest BCUT2D eigenvalue weighted by atomic mass is 14.2. The molecule has 1 saturated carbocycles. The lowest BCUT2D eigenvalue weighted by Crippen LogP contribution is -2.16. The van der Waals surface area contributed by atoms with Crippen molar-refractivity contribution in [1.29, 1.82) is 0 Å². The van der Waals surface area contributed by atoms with Crippen LogP contribution in [0, 0.1) is 29.6 Å². The molecule has 0 amide bonds. The van der Waals surface area contributed by atoms with E-state index in [1.807, 2.05) is 0 Å². The first kappa shape index (κ1) is 25.2. The minimum atomic E-state index is 0.931. The van der Waals surface area contributed by atoms with Gasteiger partial charge in [0.15, 0.2) is 0 Å². The zero-order valence-electron chi connectivity index (χ0n) is 18.3. The summed E-state index contributed by atoms with van der Waals surface area (Å²) in [6.45, 7) is 20.7. The Labute approximate surface area is 150 Å². The third kappa shape index (κ3) is 15.3. The molecule has 1 aliphatic carbocycles. The van der Waals surface area contributed by atoms with Gasteiger partial charge in [0.25, 0.3) is 0 Å². The highest BCUT2D eigenvalue weighted by Crippen LogP contribution is 2.31. The zero-order valence-corrected chi connectivity index (χ0v) is 18.3. The lowest BCUT2D eigenvalue weighted by molar-refractivity contribution is 0.233. The van der Waals surface area contributed by atoms with Gasteiger partial charge in [0, 0.05) is 0 Å². The average Bonchev–Trinajstić information content (AvgIpc) is 2.53. The van der Waals surface area contributed by atoms with E-state index >= 15 is 0 Å². The molecule has 2 unspecified atom stereocenters. The Morgan fingerprint density at radius 2 is 1.22 bits per heavy atom. The van der Waals surface area contributed by atoms with E-state index in [0.29, 0.717) is 0 Å². The maximum absolute atomic E-state index is 2.36. The van der Waals surface area contributed by atoms with Gasteiger partial charge in [0.1, 0.15) is 0 Å². The van der Waals surface area contributed by atoms with Crippen molar-refractivity contribution in [2.75, 3.05) is 0 Å². The second-order valence-corrected chi connectivity index (χ2v) is 8.30. The first-order valence-corrected chi connectivity index (χ1v) is 10.9. The summed E-state index contributed by atoms with van der Waals surface area (Å²) in [5.74, 6) is 4.94. The highest BCUT2D eigenvalue weighted by molar-refractivity contribution is 4.71. The van der Waals surface area contributed by atoms with Gasteiger partial charge in [-0.2, -0.15) is 0 Å². The molecule has 0 aromatic heterocycles. The summed E-state index contributed by atoms with van der Waals surface area (Å²) < 4.78 is 0. The molecule has 1 aliphatic rings. The molecule has 0 nitrogen and oxygen atoms in total. The van der Waals surface area contributed by atoms with Gasteiger partial charge in [-0.25, -0.2) is 0 Å². The molecule has 0 aromatic carbocycles. The van der Waals surface area contributed by atoms with Crippen molar-refractivity contribution in [3.05, 3.63) is 0 Å². The molecule has 0 radical (unpaired) electrons. The molecule has 2 atom stereocenters. The van der Waals surface area contributed by atoms with E-state index in [0.717, 1.165) is 29.6 Å². The summed E-state index contributed by atoms with van der Waals surface area (Å²) in [6, 6.07) is 0. The lowest BCUT2D eigenvalue weighted by atomic mass is 9.78. The van der Waals surface area contributed by atoms with E-state index in [-0.39, 0.29) is 0 Å². The fraction of sp³-hybridized carbons (Fsp3) is 1.00. The maximum Gasteiger partial charge on any atom is -0.0394 e. The minimum absolute atomic E-state index is 0.931. The molecule has 0 bridgehead atoms. The molecule has 142 valence electrons. The van der Waals surface area contributed by atoms with Crippen LogP contribution in [-0.2, 0) is 0 Å². The van der Waals surface area contributed by atoms with E-state index in [1.54, 1.807) is 0 Å². The molecular formula is C23H50. The average molecular weight is 327 g/mol. The van der Waals surface area contributed by atoms with Crippen molar-refractivity contribution < 1.29 is 0 Å². The van der Waals surface area contributed by atoms with E-state index in [4.69, 9.17) is 0 Å². The van der Waals surface area contributed by atoms with Gasteiger partial charge >= 0.3 is 0 Å². The monoisotopic (exact) mass is 326 g/mol. The van der Waals surface area contributed by atoms with Crippen molar-refractivity contribution in [1.82, 2.24) is 0 Å². The van der Waals surface area contributed by atoms with Crippen LogP contribution in [0.2, 0.25) is 0 Å². The fourth-order valence-corrected chi connectivity index (χ4v) is 3.49. The van der Waals surface area contributed by atoms with Gasteiger partial charge in [-0.3, -0.25) is 0 Å². The molecule has 0 heteroatoms. The Balaban J connectivity index is 0. The fourth-order valence-electron chi connectivity index (χ4n) is 3.49. The Bertz CT molecular complexity index is 204. The maximum atomic E-state index is 2.36. The Morgan fingerprint density at radius 1 is 0.739 bits per heavy atom. The first-order valence-electron chi connectivity index (χ1n) is 10.9. The van der Waals surface area contributed by atoms with E-state index in [1.165, 1.54) is 57.8 Å². The van der Waals surface area contributed by atoms with Crippen LogP contribution >= 0.6 is 0 Å². The van der Waals surface area contributed by atoms with Crippen LogP contribution in [0.5, 0.6) is 0 Å². The normalized spacial score (nSPS) is 22.2. The van der Waals surface area contributed by atoms with Crippen LogP contribution in [0.4, 0.5) is 0 Å². The van der Waals surface area contributed by atoms with Crippen molar-refractivity contribution in [2.24, 2.45) is 29.6 Å². The van der Waals surface area contributed by atoms with Gasteiger partial charge in [0.05, 0.1) is 0 Å². The third-order valence-corrected chi connectivity index (χ3v) is 5.85. The number of hydrogen-bond donors (Lipinski definition) is 0. The van der Waals surface area contributed by atoms with Crippen LogP contribution in [0.15, 0.2) is 0 Å².